The van der Waals surface area contributed by atoms with Crippen LogP contribution in [0.4, 0.5) is 5.82 Å². The van der Waals surface area contributed by atoms with E-state index in [0.717, 1.165) is 12.8 Å². The highest BCUT2D eigenvalue weighted by Crippen LogP contribution is 2.18. The number of nitrogens with two attached hydrogens (primary N) is 1. The molecule has 2 aromatic heterocycles. The zero-order chi connectivity index (χ0) is 21.3. The fourth-order valence-corrected chi connectivity index (χ4v) is 3.71. The van der Waals surface area contributed by atoms with E-state index in [1.807, 2.05) is 25.3 Å². The van der Waals surface area contributed by atoms with E-state index in [-0.39, 0.29) is 20.8 Å². The van der Waals surface area contributed by atoms with E-state index >= 15 is 0 Å². The number of hydrogen-bond acceptors (Lipinski definition) is 8. The molecule has 10 heteroatoms. The van der Waals surface area contributed by atoms with Gasteiger partial charge in [-0.05, 0) is 35.9 Å². The van der Waals surface area contributed by atoms with Gasteiger partial charge in [-0.2, -0.15) is 0 Å². The van der Waals surface area contributed by atoms with Crippen molar-refractivity contribution < 1.29 is 14.3 Å². The quantitative estimate of drug-likeness (QED) is 0.286. The van der Waals surface area contributed by atoms with Crippen LogP contribution < -0.4 is 10.8 Å². The van der Waals surface area contributed by atoms with Crippen LogP contribution in [0.15, 0.2) is 12.7 Å². The van der Waals surface area contributed by atoms with Crippen LogP contribution in [-0.4, -0.2) is 50.1 Å². The summed E-state index contributed by atoms with van der Waals surface area (Å²) in [6.07, 6.45) is 7.91. The number of nitrogens with zero attached hydrogens (tertiary/aromatic N) is 4. The van der Waals surface area contributed by atoms with Crippen LogP contribution in [0, 0.1) is 0 Å². The minimum absolute atomic E-state index is 0.0495. The minimum Gasteiger partial charge on any atom is -0.464 e. The van der Waals surface area contributed by atoms with Gasteiger partial charge in [-0.3, -0.25) is 9.88 Å². The lowest BCUT2D eigenvalue weighted by atomic mass is 10.1. The number of aromatic nitrogens is 4. The van der Waals surface area contributed by atoms with Gasteiger partial charge in [0, 0.05) is 0 Å². The Labute approximate surface area is 174 Å². The van der Waals surface area contributed by atoms with Crippen molar-refractivity contribution in [2.45, 2.75) is 71.6 Å². The van der Waals surface area contributed by atoms with Gasteiger partial charge in [0.05, 0.1) is 31.9 Å². The first-order valence-corrected chi connectivity index (χ1v) is 11.3. The predicted molar refractivity (Wildman–Crippen MR) is 116 cm³/mol. The molecule has 9 nitrogen and oxygen atoms in total. The molecular weight excluding hydrogens is 391 g/mol. The van der Waals surface area contributed by atoms with Crippen molar-refractivity contribution in [1.82, 2.24) is 24.6 Å². The maximum Gasteiger partial charge on any atom is 0.326 e. The van der Waals surface area contributed by atoms with Crippen molar-refractivity contribution in [3.63, 3.8) is 0 Å². The second-order valence-corrected chi connectivity index (χ2v) is 8.47. The molecule has 0 radical (unpaired) electrons. The van der Waals surface area contributed by atoms with E-state index < -0.39 is 5.54 Å². The molecule has 0 spiro atoms. The van der Waals surface area contributed by atoms with Crippen molar-refractivity contribution in [3.05, 3.63) is 12.7 Å². The van der Waals surface area contributed by atoms with E-state index in [9.17, 15) is 4.79 Å². The molecule has 2 heterocycles. The number of nitrogens with one attached hydrogen (secondary N) is 1. The monoisotopic (exact) mass is 424 g/mol. The largest absolute Gasteiger partial charge is 0.464 e. The normalized spacial score (nSPS) is 13.4. The SMILES string of the molecule is CCCCCCOC(=O)C(C)(C)NPCO[C@H](C)Cn1cnc2c(N)ncnc21. The summed E-state index contributed by atoms with van der Waals surface area (Å²) in [5.41, 5.74) is 6.37. The summed E-state index contributed by atoms with van der Waals surface area (Å²) in [6.45, 7) is 8.88. The molecule has 0 saturated heterocycles. The van der Waals surface area contributed by atoms with Crippen LogP contribution >= 0.6 is 8.73 Å². The van der Waals surface area contributed by atoms with E-state index in [4.69, 9.17) is 15.2 Å². The van der Waals surface area contributed by atoms with Gasteiger partial charge in [0.15, 0.2) is 11.5 Å². The Kier molecular flexibility index (Phi) is 9.20. The first-order valence-electron chi connectivity index (χ1n) is 10.0. The lowest BCUT2D eigenvalue weighted by Gasteiger charge is -2.24. The van der Waals surface area contributed by atoms with Crippen LogP contribution in [0.3, 0.4) is 0 Å². The Morgan fingerprint density at radius 3 is 2.86 bits per heavy atom. The number of carbonyl (C=O) groups excluding carboxylic acids is 1. The highest BCUT2D eigenvalue weighted by molar-refractivity contribution is 7.35. The molecule has 0 bridgehead atoms. The fraction of sp³-hybridized carbons (Fsp3) is 0.684. The van der Waals surface area contributed by atoms with E-state index in [2.05, 4.69) is 27.0 Å². The molecule has 0 aromatic carbocycles. The average Bonchev–Trinajstić information content (AvgIpc) is 3.09. The molecule has 162 valence electrons. The number of fused-ring (bicyclic) bond motifs is 1. The van der Waals surface area contributed by atoms with Gasteiger partial charge < -0.3 is 19.8 Å². The molecule has 2 rings (SSSR count). The Bertz CT molecular complexity index is 782. The molecule has 3 N–H and O–H groups in total. The van der Waals surface area contributed by atoms with E-state index in [0.29, 0.717) is 36.5 Å². The topological polar surface area (TPSA) is 117 Å². The van der Waals surface area contributed by atoms with E-state index in [1.165, 1.54) is 19.2 Å². The first kappa shape index (κ1) is 23.4. The number of hydrogen-bond donors (Lipinski definition) is 2. The summed E-state index contributed by atoms with van der Waals surface area (Å²) >= 11 is 0. The predicted octanol–water partition coefficient (Wildman–Crippen LogP) is 2.86. The van der Waals surface area contributed by atoms with Crippen molar-refractivity contribution in [2.24, 2.45) is 0 Å². The van der Waals surface area contributed by atoms with Crippen molar-refractivity contribution in [1.29, 1.82) is 0 Å². The maximum atomic E-state index is 12.2. The second kappa shape index (κ2) is 11.4. The Morgan fingerprint density at radius 2 is 2.10 bits per heavy atom. The van der Waals surface area contributed by atoms with Gasteiger partial charge in [-0.15, -0.1) is 0 Å². The molecule has 2 aromatic rings. The highest BCUT2D eigenvalue weighted by Gasteiger charge is 2.28. The molecule has 0 aliphatic heterocycles. The number of carbonyl (C=O) groups is 1. The summed E-state index contributed by atoms with van der Waals surface area (Å²) in [5, 5.41) is 3.23. The van der Waals surface area contributed by atoms with Gasteiger partial charge in [0.25, 0.3) is 0 Å². The Morgan fingerprint density at radius 1 is 1.31 bits per heavy atom. The summed E-state index contributed by atoms with van der Waals surface area (Å²) in [7, 11) is 0.279. The maximum absolute atomic E-state index is 12.2. The van der Waals surface area contributed by atoms with Gasteiger partial charge in [0.1, 0.15) is 17.4 Å². The van der Waals surface area contributed by atoms with Crippen molar-refractivity contribution >= 4 is 31.7 Å². The lowest BCUT2D eigenvalue weighted by molar-refractivity contribution is -0.149. The third-order valence-corrected chi connectivity index (χ3v) is 5.58. The van der Waals surface area contributed by atoms with Crippen LogP contribution in [0.5, 0.6) is 0 Å². The Hall–Kier alpha value is -1.83. The number of imidazole rings is 1. The summed E-state index contributed by atoms with van der Waals surface area (Å²) in [6, 6.07) is 0. The molecule has 0 aliphatic rings. The van der Waals surface area contributed by atoms with Crippen molar-refractivity contribution in [3.8, 4) is 0 Å². The standard InChI is InChI=1S/C19H33N6O3P/c1-5-6-7-8-9-27-18(26)19(3,4)24-29-13-28-14(2)10-25-12-23-15-16(20)21-11-22-17(15)25/h11-12,14,24,29H,5-10,13H2,1-4H3,(H2,20,21,22)/t14-/m1/s1. The van der Waals surface area contributed by atoms with Crippen molar-refractivity contribution in [2.75, 3.05) is 18.7 Å². The summed E-state index contributed by atoms with van der Waals surface area (Å²) in [4.78, 5) is 24.7. The number of esters is 1. The highest BCUT2D eigenvalue weighted by atomic mass is 31.1. The molecule has 0 saturated carbocycles. The third kappa shape index (κ3) is 7.17. The molecule has 0 amide bonds. The number of unbranched alkanes of at least 4 members (excludes halogenated alkanes) is 3. The molecule has 1 unspecified atom stereocenters. The van der Waals surface area contributed by atoms with Crippen LogP contribution in [-0.2, 0) is 20.8 Å². The minimum atomic E-state index is -0.731. The number of anilines is 1. The van der Waals surface area contributed by atoms with Crippen LogP contribution in [0.2, 0.25) is 0 Å². The molecular formula is C19H33N6O3P. The summed E-state index contributed by atoms with van der Waals surface area (Å²) in [5.74, 6) is 0.143. The van der Waals surface area contributed by atoms with Gasteiger partial charge in [0.2, 0.25) is 0 Å². The number of nitrogen functional groups attached to an aromatic ring is 1. The van der Waals surface area contributed by atoms with Crippen LogP contribution in [0.25, 0.3) is 11.2 Å². The molecule has 29 heavy (non-hydrogen) atoms. The van der Waals surface area contributed by atoms with Gasteiger partial charge in [-0.25, -0.2) is 15.0 Å². The average molecular weight is 424 g/mol. The second-order valence-electron chi connectivity index (χ2n) is 7.57. The van der Waals surface area contributed by atoms with Crippen LogP contribution in [0.1, 0.15) is 53.4 Å². The Balaban J connectivity index is 1.69. The molecule has 0 aliphatic carbocycles. The fourth-order valence-electron chi connectivity index (χ4n) is 2.73. The molecule has 0 fully saturated rings. The molecule has 2 atom stereocenters. The van der Waals surface area contributed by atoms with Gasteiger partial charge >= 0.3 is 5.97 Å². The lowest BCUT2D eigenvalue weighted by Crippen LogP contribution is -2.44. The smallest absolute Gasteiger partial charge is 0.326 e. The van der Waals surface area contributed by atoms with Gasteiger partial charge in [-0.1, -0.05) is 26.2 Å². The third-order valence-electron chi connectivity index (χ3n) is 4.47. The summed E-state index contributed by atoms with van der Waals surface area (Å²) < 4.78 is 13.1. The zero-order valence-corrected chi connectivity index (χ0v) is 18.8. The van der Waals surface area contributed by atoms with E-state index in [1.54, 1.807) is 6.33 Å². The number of rotatable bonds is 13. The zero-order valence-electron chi connectivity index (χ0n) is 17.8. The first-order chi connectivity index (χ1) is 13.8. The number of ether oxygens (including phenoxy) is 2.